The van der Waals surface area contributed by atoms with Gasteiger partial charge in [0, 0.05) is 19.7 Å². The highest BCUT2D eigenvalue weighted by Gasteiger charge is 2.04. The average Bonchev–Trinajstić information content (AvgIpc) is 2.81. The number of nitrogens with zero attached hydrogens (tertiary/aromatic N) is 3. The number of hydrogen-bond acceptors (Lipinski definition) is 5. The quantitative estimate of drug-likeness (QED) is 0.849. The van der Waals surface area contributed by atoms with Gasteiger partial charge in [-0.05, 0) is 17.7 Å². The standard InChI is InChI=1S/C12H16N4O2/c1-16-7-10(14-15-16)8-18-12-4-9(6-13)3-11(5-12)17-2/h3-5,7H,6,8,13H2,1-2H3. The number of benzene rings is 1. The molecule has 1 aromatic carbocycles. The molecule has 0 amide bonds. The van der Waals surface area contributed by atoms with Crippen molar-refractivity contribution in [1.29, 1.82) is 0 Å². The van der Waals surface area contributed by atoms with E-state index in [1.54, 1.807) is 11.8 Å². The van der Waals surface area contributed by atoms with E-state index in [9.17, 15) is 0 Å². The monoisotopic (exact) mass is 248 g/mol. The van der Waals surface area contributed by atoms with Crippen molar-refractivity contribution in [3.05, 3.63) is 35.7 Å². The van der Waals surface area contributed by atoms with E-state index in [2.05, 4.69) is 10.3 Å². The number of aromatic nitrogens is 3. The van der Waals surface area contributed by atoms with Crippen LogP contribution in [0.15, 0.2) is 24.4 Å². The Hall–Kier alpha value is -2.08. The molecule has 18 heavy (non-hydrogen) atoms. The third kappa shape index (κ3) is 2.98. The van der Waals surface area contributed by atoms with Gasteiger partial charge in [-0.1, -0.05) is 5.21 Å². The van der Waals surface area contributed by atoms with Crippen LogP contribution in [0.25, 0.3) is 0 Å². The molecule has 0 unspecified atom stereocenters. The molecule has 1 heterocycles. The van der Waals surface area contributed by atoms with Crippen LogP contribution in [-0.4, -0.2) is 22.1 Å². The Bertz CT molecular complexity index is 502. The normalized spacial score (nSPS) is 10.4. The van der Waals surface area contributed by atoms with Crippen LogP contribution in [-0.2, 0) is 20.2 Å². The fraction of sp³-hybridized carbons (Fsp3) is 0.333. The van der Waals surface area contributed by atoms with E-state index in [4.69, 9.17) is 15.2 Å². The highest BCUT2D eigenvalue weighted by molar-refractivity contribution is 5.38. The zero-order chi connectivity index (χ0) is 13.0. The number of hydrogen-bond donors (Lipinski definition) is 1. The molecule has 0 saturated heterocycles. The lowest BCUT2D eigenvalue weighted by Crippen LogP contribution is -2.00. The summed E-state index contributed by atoms with van der Waals surface area (Å²) in [6.07, 6.45) is 1.81. The summed E-state index contributed by atoms with van der Waals surface area (Å²) >= 11 is 0. The fourth-order valence-electron chi connectivity index (χ4n) is 1.57. The Morgan fingerprint density at radius 1 is 1.28 bits per heavy atom. The first-order chi connectivity index (χ1) is 8.71. The van der Waals surface area contributed by atoms with Gasteiger partial charge in [-0.2, -0.15) is 0 Å². The van der Waals surface area contributed by atoms with Crippen molar-refractivity contribution >= 4 is 0 Å². The molecule has 96 valence electrons. The molecular formula is C12H16N4O2. The molecule has 1 aromatic heterocycles. The Balaban J connectivity index is 2.08. The first-order valence-corrected chi connectivity index (χ1v) is 5.57. The van der Waals surface area contributed by atoms with Gasteiger partial charge in [0.05, 0.1) is 13.3 Å². The molecule has 0 aliphatic rings. The number of nitrogens with two attached hydrogens (primary N) is 1. The SMILES string of the molecule is COc1cc(CN)cc(OCc2cn(C)nn2)c1. The molecule has 0 fully saturated rings. The van der Waals surface area contributed by atoms with E-state index >= 15 is 0 Å². The zero-order valence-electron chi connectivity index (χ0n) is 10.5. The van der Waals surface area contributed by atoms with Crippen LogP contribution in [0.4, 0.5) is 0 Å². The van der Waals surface area contributed by atoms with Crippen molar-refractivity contribution in [2.75, 3.05) is 7.11 Å². The van der Waals surface area contributed by atoms with Gasteiger partial charge in [-0.25, -0.2) is 0 Å². The highest BCUT2D eigenvalue weighted by Crippen LogP contribution is 2.23. The lowest BCUT2D eigenvalue weighted by Gasteiger charge is -2.08. The van der Waals surface area contributed by atoms with E-state index in [0.29, 0.717) is 18.9 Å². The second-order valence-electron chi connectivity index (χ2n) is 3.89. The lowest BCUT2D eigenvalue weighted by atomic mass is 10.2. The van der Waals surface area contributed by atoms with Crippen LogP contribution in [0.1, 0.15) is 11.3 Å². The van der Waals surface area contributed by atoms with Crippen LogP contribution in [0.2, 0.25) is 0 Å². The maximum atomic E-state index is 5.64. The van der Waals surface area contributed by atoms with E-state index in [1.807, 2.05) is 31.4 Å². The van der Waals surface area contributed by atoms with Crippen LogP contribution in [0.3, 0.4) is 0 Å². The smallest absolute Gasteiger partial charge is 0.134 e. The van der Waals surface area contributed by atoms with Gasteiger partial charge in [-0.15, -0.1) is 5.10 Å². The van der Waals surface area contributed by atoms with Crippen molar-refractivity contribution in [1.82, 2.24) is 15.0 Å². The minimum absolute atomic E-state index is 0.366. The van der Waals surface area contributed by atoms with Crippen LogP contribution < -0.4 is 15.2 Å². The summed E-state index contributed by atoms with van der Waals surface area (Å²) in [6.45, 7) is 0.809. The summed E-state index contributed by atoms with van der Waals surface area (Å²) in [7, 11) is 3.43. The van der Waals surface area contributed by atoms with Gasteiger partial charge in [-0.3, -0.25) is 4.68 Å². The Kier molecular flexibility index (Phi) is 3.78. The minimum atomic E-state index is 0.366. The van der Waals surface area contributed by atoms with Crippen molar-refractivity contribution in [3.8, 4) is 11.5 Å². The van der Waals surface area contributed by atoms with Crippen molar-refractivity contribution in [2.45, 2.75) is 13.2 Å². The molecule has 0 spiro atoms. The summed E-state index contributed by atoms with van der Waals surface area (Å²) in [5, 5.41) is 7.79. The maximum Gasteiger partial charge on any atom is 0.134 e. The Morgan fingerprint density at radius 2 is 2.06 bits per heavy atom. The highest BCUT2D eigenvalue weighted by atomic mass is 16.5. The Labute approximate surface area is 105 Å². The van der Waals surface area contributed by atoms with Crippen LogP contribution in [0, 0.1) is 0 Å². The lowest BCUT2D eigenvalue weighted by molar-refractivity contribution is 0.298. The maximum absolute atomic E-state index is 5.64. The summed E-state index contributed by atoms with van der Waals surface area (Å²) in [5.74, 6) is 1.44. The molecule has 2 aromatic rings. The van der Waals surface area contributed by atoms with Crippen LogP contribution >= 0.6 is 0 Å². The van der Waals surface area contributed by atoms with Crippen LogP contribution in [0.5, 0.6) is 11.5 Å². The van der Waals surface area contributed by atoms with Gasteiger partial charge in [0.25, 0.3) is 0 Å². The van der Waals surface area contributed by atoms with Gasteiger partial charge in [0.2, 0.25) is 0 Å². The summed E-state index contributed by atoms with van der Waals surface area (Å²) in [4.78, 5) is 0. The largest absolute Gasteiger partial charge is 0.497 e. The molecule has 0 saturated carbocycles. The number of aryl methyl sites for hydroxylation is 1. The van der Waals surface area contributed by atoms with E-state index in [1.165, 1.54) is 0 Å². The second-order valence-corrected chi connectivity index (χ2v) is 3.89. The third-order valence-electron chi connectivity index (χ3n) is 2.45. The molecule has 6 nitrogen and oxygen atoms in total. The fourth-order valence-corrected chi connectivity index (χ4v) is 1.57. The van der Waals surface area contributed by atoms with Gasteiger partial charge in [0.1, 0.15) is 23.8 Å². The molecule has 0 atom stereocenters. The summed E-state index contributed by atoms with van der Waals surface area (Å²) < 4.78 is 12.5. The van der Waals surface area contributed by atoms with Gasteiger partial charge >= 0.3 is 0 Å². The molecule has 0 radical (unpaired) electrons. The first kappa shape index (κ1) is 12.4. The molecule has 6 heteroatoms. The van der Waals surface area contributed by atoms with E-state index in [-0.39, 0.29) is 0 Å². The van der Waals surface area contributed by atoms with Crippen molar-refractivity contribution in [3.63, 3.8) is 0 Å². The summed E-state index contributed by atoms with van der Waals surface area (Å²) in [6, 6.07) is 5.59. The minimum Gasteiger partial charge on any atom is -0.497 e. The molecular weight excluding hydrogens is 232 g/mol. The number of rotatable bonds is 5. The predicted molar refractivity (Wildman–Crippen MR) is 66.2 cm³/mol. The second kappa shape index (κ2) is 5.50. The number of ether oxygens (including phenoxy) is 2. The van der Waals surface area contributed by atoms with Gasteiger partial charge in [0.15, 0.2) is 0 Å². The third-order valence-corrected chi connectivity index (χ3v) is 2.45. The molecule has 0 aliphatic carbocycles. The molecule has 2 N–H and O–H groups in total. The summed E-state index contributed by atoms with van der Waals surface area (Å²) in [5.41, 5.74) is 7.35. The molecule has 0 bridgehead atoms. The zero-order valence-corrected chi connectivity index (χ0v) is 10.5. The first-order valence-electron chi connectivity index (χ1n) is 5.57. The molecule has 0 aliphatic heterocycles. The van der Waals surface area contributed by atoms with Gasteiger partial charge < -0.3 is 15.2 Å². The van der Waals surface area contributed by atoms with E-state index < -0.39 is 0 Å². The molecule has 2 rings (SSSR count). The van der Waals surface area contributed by atoms with Crippen molar-refractivity contribution in [2.24, 2.45) is 12.8 Å². The Morgan fingerprint density at radius 3 is 2.67 bits per heavy atom. The van der Waals surface area contributed by atoms with E-state index in [0.717, 1.165) is 17.0 Å². The average molecular weight is 248 g/mol. The topological polar surface area (TPSA) is 75.2 Å². The van der Waals surface area contributed by atoms with Crippen molar-refractivity contribution < 1.29 is 9.47 Å². The number of methoxy groups -OCH3 is 1. The predicted octanol–water partition coefficient (Wildman–Crippen LogP) is 0.861.